The number of nitrogens with zero attached hydrogens (tertiary/aromatic N) is 2. The van der Waals surface area contributed by atoms with Crippen molar-refractivity contribution in [2.75, 3.05) is 0 Å². The zero-order valence-electron chi connectivity index (χ0n) is 13.2. The molecule has 3 atom stereocenters. The van der Waals surface area contributed by atoms with Gasteiger partial charge in [0, 0.05) is 19.2 Å². The van der Waals surface area contributed by atoms with E-state index in [4.69, 9.17) is 0 Å². The minimum Gasteiger partial charge on any atom is -0.392 e. The van der Waals surface area contributed by atoms with Gasteiger partial charge < -0.3 is 5.11 Å². The maximum Gasteiger partial charge on any atom is 0.0614 e. The van der Waals surface area contributed by atoms with Crippen LogP contribution in [-0.2, 0) is 13.5 Å². The van der Waals surface area contributed by atoms with Crippen LogP contribution in [0.3, 0.4) is 0 Å². The fourth-order valence-corrected chi connectivity index (χ4v) is 2.95. The van der Waals surface area contributed by atoms with Crippen molar-refractivity contribution in [2.24, 2.45) is 13.0 Å². The van der Waals surface area contributed by atoms with Crippen LogP contribution in [-0.4, -0.2) is 21.0 Å². The number of rotatable bonds is 7. The molecule has 3 nitrogen and oxygen atoms in total. The van der Waals surface area contributed by atoms with E-state index in [9.17, 15) is 5.11 Å². The topological polar surface area (TPSA) is 38.1 Å². The van der Waals surface area contributed by atoms with E-state index in [0.717, 1.165) is 19.3 Å². The summed E-state index contributed by atoms with van der Waals surface area (Å²) >= 11 is 0. The molecule has 21 heavy (non-hydrogen) atoms. The lowest BCUT2D eigenvalue weighted by molar-refractivity contribution is 0.109. The average molecular weight is 286 g/mol. The largest absolute Gasteiger partial charge is 0.392 e. The van der Waals surface area contributed by atoms with E-state index < -0.39 is 0 Å². The van der Waals surface area contributed by atoms with Gasteiger partial charge in [0.25, 0.3) is 0 Å². The van der Waals surface area contributed by atoms with Crippen molar-refractivity contribution in [2.45, 2.75) is 45.1 Å². The maximum absolute atomic E-state index is 10.7. The molecule has 0 aliphatic carbocycles. The number of aryl methyl sites for hydroxylation is 2. The second-order valence-corrected chi connectivity index (χ2v) is 5.95. The Bertz CT molecular complexity index is 535. The van der Waals surface area contributed by atoms with Crippen molar-refractivity contribution in [1.29, 1.82) is 0 Å². The molecular weight excluding hydrogens is 260 g/mol. The van der Waals surface area contributed by atoms with Crippen LogP contribution in [0, 0.1) is 5.92 Å². The Kier molecular flexibility index (Phi) is 5.57. The summed E-state index contributed by atoms with van der Waals surface area (Å²) in [4.78, 5) is 0. The first-order chi connectivity index (χ1) is 10.1. The quantitative estimate of drug-likeness (QED) is 0.845. The number of hydrogen-bond acceptors (Lipinski definition) is 2. The summed E-state index contributed by atoms with van der Waals surface area (Å²) in [6.45, 7) is 4.42. The van der Waals surface area contributed by atoms with E-state index in [2.05, 4.69) is 43.2 Å². The predicted octanol–water partition coefficient (Wildman–Crippen LogP) is 3.54. The first kappa shape index (κ1) is 15.8. The first-order valence-electron chi connectivity index (χ1n) is 7.82. The summed E-state index contributed by atoms with van der Waals surface area (Å²) in [5.41, 5.74) is 2.43. The molecule has 2 rings (SSSR count). The fraction of sp³-hybridized carbons (Fsp3) is 0.500. The van der Waals surface area contributed by atoms with Crippen LogP contribution >= 0.6 is 0 Å². The van der Waals surface area contributed by atoms with Gasteiger partial charge in [0.15, 0.2) is 0 Å². The summed E-state index contributed by atoms with van der Waals surface area (Å²) in [6, 6.07) is 10.4. The highest BCUT2D eigenvalue weighted by molar-refractivity contribution is 5.21. The monoisotopic (exact) mass is 286 g/mol. The number of aliphatic hydroxyl groups excluding tert-OH is 1. The van der Waals surface area contributed by atoms with Crippen molar-refractivity contribution in [3.63, 3.8) is 0 Å². The molecule has 0 saturated heterocycles. The predicted molar refractivity (Wildman–Crippen MR) is 86.2 cm³/mol. The van der Waals surface area contributed by atoms with Gasteiger partial charge in [-0.15, -0.1) is 0 Å². The lowest BCUT2D eigenvalue weighted by Gasteiger charge is -2.28. The normalized spacial score (nSPS) is 15.6. The highest BCUT2D eigenvalue weighted by atomic mass is 16.3. The Morgan fingerprint density at radius 2 is 1.95 bits per heavy atom. The smallest absolute Gasteiger partial charge is 0.0614 e. The number of aliphatic hydroxyl groups is 1. The summed E-state index contributed by atoms with van der Waals surface area (Å²) in [7, 11) is 1.92. The van der Waals surface area contributed by atoms with Crippen LogP contribution in [0.15, 0.2) is 42.7 Å². The minimum absolute atomic E-state index is 0.202. The molecule has 3 unspecified atom stereocenters. The molecule has 114 valence electrons. The lowest BCUT2D eigenvalue weighted by atomic mass is 9.80. The highest BCUT2D eigenvalue weighted by Gasteiger charge is 2.25. The molecule has 0 aliphatic rings. The van der Waals surface area contributed by atoms with Crippen LogP contribution in [0.2, 0.25) is 0 Å². The van der Waals surface area contributed by atoms with Gasteiger partial charge >= 0.3 is 0 Å². The molecule has 0 spiro atoms. The number of aromatic nitrogens is 2. The molecule has 0 saturated carbocycles. The van der Waals surface area contributed by atoms with E-state index in [1.807, 2.05) is 30.2 Å². The van der Waals surface area contributed by atoms with Gasteiger partial charge in [0.2, 0.25) is 0 Å². The molecule has 0 aliphatic heterocycles. The Balaban J connectivity index is 2.06. The van der Waals surface area contributed by atoms with Crippen LogP contribution in [0.1, 0.15) is 43.7 Å². The zero-order valence-corrected chi connectivity index (χ0v) is 13.2. The Morgan fingerprint density at radius 1 is 1.24 bits per heavy atom. The SMILES string of the molecule is CCC(C)C(c1ccccc1)C(O)CCc1cnn(C)c1. The summed E-state index contributed by atoms with van der Waals surface area (Å²) in [5.74, 6) is 0.671. The molecule has 3 heteroatoms. The van der Waals surface area contributed by atoms with E-state index in [1.165, 1.54) is 11.1 Å². The average Bonchev–Trinajstić information content (AvgIpc) is 2.92. The van der Waals surface area contributed by atoms with Crippen molar-refractivity contribution < 1.29 is 5.11 Å². The second-order valence-electron chi connectivity index (χ2n) is 5.95. The van der Waals surface area contributed by atoms with Crippen LogP contribution < -0.4 is 0 Å². The molecule has 0 amide bonds. The van der Waals surface area contributed by atoms with Crippen molar-refractivity contribution in [3.8, 4) is 0 Å². The van der Waals surface area contributed by atoms with Crippen LogP contribution in [0.4, 0.5) is 0 Å². The third kappa shape index (κ3) is 4.18. The molecule has 1 heterocycles. The Hall–Kier alpha value is -1.61. The summed E-state index contributed by atoms with van der Waals surface area (Å²) in [5, 5.41) is 14.9. The van der Waals surface area contributed by atoms with Gasteiger partial charge in [-0.2, -0.15) is 5.10 Å². The minimum atomic E-state index is -0.317. The first-order valence-corrected chi connectivity index (χ1v) is 7.82. The van der Waals surface area contributed by atoms with Gasteiger partial charge in [-0.05, 0) is 29.9 Å². The Morgan fingerprint density at radius 3 is 2.52 bits per heavy atom. The summed E-state index contributed by atoms with van der Waals surface area (Å²) < 4.78 is 1.81. The molecule has 2 aromatic rings. The maximum atomic E-state index is 10.7. The molecule has 1 N–H and O–H groups in total. The summed E-state index contributed by atoms with van der Waals surface area (Å²) in [6.07, 6.45) is 6.30. The molecule has 0 bridgehead atoms. The standard InChI is InChI=1S/C18H26N2O/c1-4-14(2)18(16-8-6-5-7-9-16)17(21)11-10-15-12-19-20(3)13-15/h5-9,12-14,17-18,21H,4,10-11H2,1-3H3. The molecule has 0 fully saturated rings. The van der Waals surface area contributed by atoms with E-state index in [0.29, 0.717) is 5.92 Å². The van der Waals surface area contributed by atoms with Crippen molar-refractivity contribution in [1.82, 2.24) is 9.78 Å². The van der Waals surface area contributed by atoms with Gasteiger partial charge in [-0.25, -0.2) is 0 Å². The fourth-order valence-electron chi connectivity index (χ4n) is 2.95. The third-order valence-corrected chi connectivity index (χ3v) is 4.34. The molecule has 0 radical (unpaired) electrons. The molecule has 1 aromatic carbocycles. The van der Waals surface area contributed by atoms with E-state index in [-0.39, 0.29) is 12.0 Å². The van der Waals surface area contributed by atoms with Crippen LogP contribution in [0.25, 0.3) is 0 Å². The van der Waals surface area contributed by atoms with Crippen LogP contribution in [0.5, 0.6) is 0 Å². The third-order valence-electron chi connectivity index (χ3n) is 4.34. The number of benzene rings is 1. The highest BCUT2D eigenvalue weighted by Crippen LogP contribution is 2.32. The van der Waals surface area contributed by atoms with Gasteiger partial charge in [0.1, 0.15) is 0 Å². The van der Waals surface area contributed by atoms with Crippen molar-refractivity contribution >= 4 is 0 Å². The molecular formula is C18H26N2O. The van der Waals surface area contributed by atoms with Gasteiger partial charge in [0.05, 0.1) is 12.3 Å². The van der Waals surface area contributed by atoms with E-state index in [1.54, 1.807) is 0 Å². The van der Waals surface area contributed by atoms with Crippen molar-refractivity contribution in [3.05, 3.63) is 53.9 Å². The van der Waals surface area contributed by atoms with Gasteiger partial charge in [-0.3, -0.25) is 4.68 Å². The molecule has 1 aromatic heterocycles. The Labute approximate surface area is 127 Å². The van der Waals surface area contributed by atoms with E-state index >= 15 is 0 Å². The zero-order chi connectivity index (χ0) is 15.2. The lowest BCUT2D eigenvalue weighted by Crippen LogP contribution is -2.25. The second kappa shape index (κ2) is 7.41. The van der Waals surface area contributed by atoms with Gasteiger partial charge in [-0.1, -0.05) is 50.6 Å². The number of hydrogen-bond donors (Lipinski definition) is 1.